The third-order valence-corrected chi connectivity index (χ3v) is 13.2. The molecule has 15 heteroatoms. The summed E-state index contributed by atoms with van der Waals surface area (Å²) in [5.74, 6) is 0.293. The fourth-order valence-corrected chi connectivity index (χ4v) is 9.82. The summed E-state index contributed by atoms with van der Waals surface area (Å²) < 4.78 is 29.9. The molecule has 1 unspecified atom stereocenters. The number of nitrogens with one attached hydrogen (secondary N) is 1. The van der Waals surface area contributed by atoms with Crippen LogP contribution in [0.2, 0.25) is 0 Å². The van der Waals surface area contributed by atoms with E-state index in [9.17, 15) is 24.3 Å². The van der Waals surface area contributed by atoms with Crippen molar-refractivity contribution in [1.82, 2.24) is 0 Å². The normalized spacial score (nSPS) is 19.0. The van der Waals surface area contributed by atoms with Gasteiger partial charge in [-0.2, -0.15) is 0 Å². The average molecular weight is 906 g/mol. The van der Waals surface area contributed by atoms with Crippen molar-refractivity contribution in [2.45, 2.75) is 76.2 Å². The van der Waals surface area contributed by atoms with Gasteiger partial charge in [0.15, 0.2) is 40.8 Å². The van der Waals surface area contributed by atoms with E-state index in [1.807, 2.05) is 91.0 Å². The number of rotatable bonds is 14. The highest BCUT2D eigenvalue weighted by atomic mass is 16.6. The quantitative estimate of drug-likeness (QED) is 0.0860. The van der Waals surface area contributed by atoms with Crippen LogP contribution >= 0.6 is 0 Å². The minimum atomic E-state index is -1.29. The van der Waals surface area contributed by atoms with Crippen molar-refractivity contribution >= 4 is 58.1 Å². The molecule has 1 fully saturated rings. The molecule has 15 nitrogen and oxygen atoms in total. The van der Waals surface area contributed by atoms with Crippen LogP contribution in [-0.4, -0.2) is 87.3 Å². The van der Waals surface area contributed by atoms with Crippen LogP contribution in [0.1, 0.15) is 70.1 Å². The van der Waals surface area contributed by atoms with E-state index in [0.717, 1.165) is 45.9 Å². The molecule has 1 aliphatic carbocycles. The molecule has 0 aromatic heterocycles. The third kappa shape index (κ3) is 8.39. The van der Waals surface area contributed by atoms with E-state index >= 15 is 0 Å². The van der Waals surface area contributed by atoms with Gasteiger partial charge < -0.3 is 43.9 Å². The number of methoxy groups -OCH3 is 2. The van der Waals surface area contributed by atoms with Gasteiger partial charge in [-0.1, -0.05) is 36.4 Å². The van der Waals surface area contributed by atoms with Gasteiger partial charge in [-0.05, 0) is 77.6 Å². The van der Waals surface area contributed by atoms with E-state index in [0.29, 0.717) is 65.7 Å². The van der Waals surface area contributed by atoms with Crippen LogP contribution in [0.3, 0.4) is 0 Å². The zero-order chi connectivity index (χ0) is 46.3. The molecular formula is C52H51N5O10. The summed E-state index contributed by atoms with van der Waals surface area (Å²) in [6, 6.07) is 29.0. The number of benzene rings is 5. The molecule has 5 aromatic carbocycles. The second-order valence-electron chi connectivity index (χ2n) is 17.5. The number of aliphatic hydroxyl groups excluding tert-OH is 1. The predicted octanol–water partition coefficient (Wildman–Crippen LogP) is 7.06. The summed E-state index contributed by atoms with van der Waals surface area (Å²) in [5.41, 5.74) is 8.96. The topological polar surface area (TPSA) is 169 Å². The summed E-state index contributed by atoms with van der Waals surface area (Å²) in [5, 5.41) is 15.3. The number of anilines is 4. The lowest BCUT2D eigenvalue weighted by Gasteiger charge is -2.30. The molecule has 5 aromatic rings. The van der Waals surface area contributed by atoms with Gasteiger partial charge in [-0.25, -0.2) is 0 Å². The Morgan fingerprint density at radius 3 is 2.18 bits per heavy atom. The van der Waals surface area contributed by atoms with E-state index in [-0.39, 0.29) is 62.0 Å². The van der Waals surface area contributed by atoms with Gasteiger partial charge in [-0.3, -0.25) is 29.1 Å². The van der Waals surface area contributed by atoms with E-state index in [1.54, 1.807) is 24.1 Å². The number of amides is 1. The van der Waals surface area contributed by atoms with Gasteiger partial charge >= 0.3 is 5.97 Å². The van der Waals surface area contributed by atoms with Crippen molar-refractivity contribution in [1.29, 1.82) is 0 Å². The first-order chi connectivity index (χ1) is 32.6. The third-order valence-electron chi connectivity index (χ3n) is 13.2. The van der Waals surface area contributed by atoms with Crippen molar-refractivity contribution in [2.24, 2.45) is 4.99 Å². The molecule has 344 valence electrons. The smallest absolute Gasteiger partial charge is 0.307 e. The van der Waals surface area contributed by atoms with E-state index < -0.39 is 18.3 Å². The Kier molecular flexibility index (Phi) is 11.8. The number of esters is 1. The highest BCUT2D eigenvalue weighted by molar-refractivity contribution is 6.15. The number of fused-ring (bicyclic) bond motifs is 8. The lowest BCUT2D eigenvalue weighted by atomic mass is 10.1. The van der Waals surface area contributed by atoms with Gasteiger partial charge in [0.2, 0.25) is 6.10 Å². The first kappa shape index (κ1) is 43.5. The molecule has 0 radical (unpaired) electrons. The van der Waals surface area contributed by atoms with Crippen LogP contribution in [0.5, 0.6) is 23.0 Å². The largest absolute Gasteiger partial charge is 0.493 e. The molecule has 67 heavy (non-hydrogen) atoms. The standard InChI is InChI=1S/C52H51N5O10/c1-55(16-8-13-49(60)67-50-43(58)14-15-44(50)59)34-18-30(28-65-47-24-39-37(22-45(47)63-2)51(61)56-35(26-53-39)20-32-9-4-6-11-41(32)56)17-31(19-34)29-66-48-25-40-38(23-46(48)64-3)52(62)57-36(27-54-40)21-33-10-5-7-12-42(33)57/h4-7,9-12,17-19,22-26,35-36,50,52,54,62H,8,13-16,20-21,27-29H2,1-3H3/t35-,36-,52?/m0/s1. The Balaban J connectivity index is 0.891. The first-order valence-corrected chi connectivity index (χ1v) is 22.6. The SMILES string of the molecule is COc1cc2c(cc1OCc1cc(COc3cc4c(cc3OC)C(O)N3c5ccccc5C[C@H]3CN4)cc(N(C)CCCC(=O)OC3C(=O)CCC3=O)c1)N=C[C@@H]1Cc3ccccc3N1C2=O. The highest BCUT2D eigenvalue weighted by Crippen LogP contribution is 2.45. The van der Waals surface area contributed by atoms with Crippen molar-refractivity contribution in [3.05, 3.63) is 124 Å². The average Bonchev–Trinajstić information content (AvgIpc) is 3.96. The fraction of sp³-hybridized carbons (Fsp3) is 0.327. The predicted molar refractivity (Wildman–Crippen MR) is 251 cm³/mol. The molecule has 2 N–H and O–H groups in total. The lowest BCUT2D eigenvalue weighted by molar-refractivity contribution is -0.157. The van der Waals surface area contributed by atoms with E-state index in [1.165, 1.54) is 12.7 Å². The molecule has 3 atom stereocenters. The number of Topliss-reactive ketones (excluding diaryl/α,β-unsaturated/α-hetero) is 2. The molecule has 4 aliphatic heterocycles. The van der Waals surface area contributed by atoms with Gasteiger partial charge in [0.05, 0.1) is 37.6 Å². The number of nitrogens with zero attached hydrogens (tertiary/aromatic N) is 4. The summed E-state index contributed by atoms with van der Waals surface area (Å²) in [7, 11) is 5.01. The molecule has 1 saturated carbocycles. The number of ketones is 2. The molecule has 0 saturated heterocycles. The van der Waals surface area contributed by atoms with Crippen molar-refractivity contribution < 1.29 is 48.0 Å². The van der Waals surface area contributed by atoms with Crippen molar-refractivity contribution in [3.8, 4) is 23.0 Å². The number of aliphatic hydroxyl groups is 1. The number of aliphatic imine (C=N–C) groups is 1. The zero-order valence-electron chi connectivity index (χ0n) is 37.5. The minimum absolute atomic E-state index is 0.0279. The van der Waals surface area contributed by atoms with E-state index in [2.05, 4.69) is 16.3 Å². The van der Waals surface area contributed by atoms with Crippen LogP contribution in [-0.2, 0) is 45.2 Å². The monoisotopic (exact) mass is 905 g/mol. The van der Waals surface area contributed by atoms with Crippen LogP contribution < -0.4 is 39.0 Å². The van der Waals surface area contributed by atoms with Crippen molar-refractivity contribution in [2.75, 3.05) is 54.4 Å². The van der Waals surface area contributed by atoms with Gasteiger partial charge in [0.25, 0.3) is 5.91 Å². The Labute approximate surface area is 387 Å². The van der Waals surface area contributed by atoms with Gasteiger partial charge in [0.1, 0.15) is 13.2 Å². The second-order valence-corrected chi connectivity index (χ2v) is 17.5. The molecule has 0 bridgehead atoms. The highest BCUT2D eigenvalue weighted by Gasteiger charge is 2.39. The van der Waals surface area contributed by atoms with Crippen LogP contribution in [0, 0.1) is 0 Å². The maximum atomic E-state index is 14.0. The van der Waals surface area contributed by atoms with Gasteiger partial charge in [0, 0.05) is 92.5 Å². The number of carbonyl (C=O) groups excluding carboxylic acids is 4. The fourth-order valence-electron chi connectivity index (χ4n) is 9.82. The number of hydrogen-bond acceptors (Lipinski definition) is 14. The lowest BCUT2D eigenvalue weighted by Crippen LogP contribution is -2.37. The Morgan fingerprint density at radius 1 is 0.806 bits per heavy atom. The number of carbonyl (C=O) groups is 4. The number of ether oxygens (including phenoxy) is 5. The summed E-state index contributed by atoms with van der Waals surface area (Å²) in [4.78, 5) is 61.4. The van der Waals surface area contributed by atoms with E-state index in [4.69, 9.17) is 28.7 Å². The van der Waals surface area contributed by atoms with Gasteiger partial charge in [-0.15, -0.1) is 0 Å². The summed E-state index contributed by atoms with van der Waals surface area (Å²) in [6.07, 6.45) is 1.75. The Hall–Kier alpha value is -7.39. The molecule has 10 rings (SSSR count). The summed E-state index contributed by atoms with van der Waals surface area (Å²) in [6.45, 7) is 1.34. The van der Waals surface area contributed by atoms with Crippen LogP contribution in [0.25, 0.3) is 0 Å². The van der Waals surface area contributed by atoms with Crippen LogP contribution in [0.15, 0.2) is 96.0 Å². The number of hydrogen-bond donors (Lipinski definition) is 2. The minimum Gasteiger partial charge on any atom is -0.493 e. The van der Waals surface area contributed by atoms with Crippen LogP contribution in [0.4, 0.5) is 28.4 Å². The first-order valence-electron chi connectivity index (χ1n) is 22.6. The zero-order valence-corrected chi connectivity index (χ0v) is 37.5. The molecule has 1 amide bonds. The molecule has 4 heterocycles. The Bertz CT molecular complexity index is 2810. The molecule has 5 aliphatic rings. The Morgan fingerprint density at radius 2 is 1.46 bits per heavy atom. The molecule has 0 spiro atoms. The second kappa shape index (κ2) is 18.1. The number of para-hydroxylation sites is 2. The molecular weight excluding hydrogens is 855 g/mol. The maximum absolute atomic E-state index is 14.0. The van der Waals surface area contributed by atoms with Crippen molar-refractivity contribution in [3.63, 3.8) is 0 Å². The maximum Gasteiger partial charge on any atom is 0.307 e. The summed E-state index contributed by atoms with van der Waals surface area (Å²) >= 11 is 0.